The van der Waals surface area contributed by atoms with Gasteiger partial charge >= 0.3 is 0 Å². The minimum Gasteiger partial charge on any atom is -0.495 e. The lowest BCUT2D eigenvalue weighted by Crippen LogP contribution is -2.24. The molecule has 4 rings (SSSR count). The van der Waals surface area contributed by atoms with Crippen LogP contribution in [0, 0.1) is 0 Å². The van der Waals surface area contributed by atoms with E-state index in [4.69, 9.17) is 16.3 Å². The number of aryl methyl sites for hydroxylation is 1. The summed E-state index contributed by atoms with van der Waals surface area (Å²) < 4.78 is 5.19. The SMILES string of the molecule is COc1ccc(CCCCNC(=O)c2sccc2Cc2ccnc3[nH]ccc23)cc1Cl. The highest BCUT2D eigenvalue weighted by molar-refractivity contribution is 7.12. The van der Waals surface area contributed by atoms with Crippen LogP contribution >= 0.6 is 22.9 Å². The predicted octanol–water partition coefficient (Wildman–Crippen LogP) is 5.63. The molecule has 31 heavy (non-hydrogen) atoms. The van der Waals surface area contributed by atoms with Gasteiger partial charge < -0.3 is 15.0 Å². The van der Waals surface area contributed by atoms with Gasteiger partial charge in [-0.2, -0.15) is 0 Å². The van der Waals surface area contributed by atoms with Crippen LogP contribution in [0.15, 0.2) is 54.2 Å². The van der Waals surface area contributed by atoms with Gasteiger partial charge in [0.1, 0.15) is 11.4 Å². The third kappa shape index (κ3) is 5.09. The Bertz CT molecular complexity index is 1180. The topological polar surface area (TPSA) is 67.0 Å². The van der Waals surface area contributed by atoms with Crippen LogP contribution in [0.2, 0.25) is 5.02 Å². The first kappa shape index (κ1) is 21.4. The molecule has 0 fully saturated rings. The molecule has 3 heterocycles. The van der Waals surface area contributed by atoms with Gasteiger partial charge in [0.2, 0.25) is 0 Å². The fourth-order valence-corrected chi connectivity index (χ4v) is 4.77. The molecule has 3 aromatic heterocycles. The van der Waals surface area contributed by atoms with Crippen LogP contribution in [0.1, 0.15) is 39.2 Å². The number of halogens is 1. The van der Waals surface area contributed by atoms with Crippen LogP contribution in [0.25, 0.3) is 11.0 Å². The summed E-state index contributed by atoms with van der Waals surface area (Å²) in [6, 6.07) is 11.9. The van der Waals surface area contributed by atoms with Gasteiger partial charge in [-0.15, -0.1) is 11.3 Å². The van der Waals surface area contributed by atoms with Crippen molar-refractivity contribution >= 4 is 39.9 Å². The second-order valence-electron chi connectivity index (χ2n) is 7.34. The van der Waals surface area contributed by atoms with Crippen molar-refractivity contribution in [3.8, 4) is 5.75 Å². The van der Waals surface area contributed by atoms with E-state index in [0.29, 0.717) is 23.7 Å². The summed E-state index contributed by atoms with van der Waals surface area (Å²) in [5.74, 6) is 0.685. The number of carbonyl (C=O) groups is 1. The smallest absolute Gasteiger partial charge is 0.261 e. The number of fused-ring (bicyclic) bond motifs is 1. The molecule has 0 aliphatic rings. The number of aromatic nitrogens is 2. The number of H-pyrrole nitrogens is 1. The molecule has 0 radical (unpaired) electrons. The molecule has 0 bridgehead atoms. The summed E-state index contributed by atoms with van der Waals surface area (Å²) in [4.78, 5) is 21.0. The molecule has 0 aliphatic carbocycles. The normalized spacial score (nSPS) is 11.0. The fraction of sp³-hybridized carbons (Fsp3) is 0.250. The number of thiophene rings is 1. The minimum absolute atomic E-state index is 0.00291. The summed E-state index contributed by atoms with van der Waals surface area (Å²) >= 11 is 7.67. The van der Waals surface area contributed by atoms with Crippen LogP contribution in [-0.2, 0) is 12.8 Å². The van der Waals surface area contributed by atoms with Crippen molar-refractivity contribution in [2.45, 2.75) is 25.7 Å². The minimum atomic E-state index is -0.00291. The van der Waals surface area contributed by atoms with Gasteiger partial charge in [0, 0.05) is 24.3 Å². The van der Waals surface area contributed by atoms with E-state index in [-0.39, 0.29) is 5.91 Å². The van der Waals surface area contributed by atoms with E-state index in [9.17, 15) is 4.79 Å². The Morgan fingerprint density at radius 1 is 1.19 bits per heavy atom. The Kier molecular flexibility index (Phi) is 6.89. The first-order chi connectivity index (χ1) is 15.2. The Morgan fingerprint density at radius 2 is 2.10 bits per heavy atom. The quantitative estimate of drug-likeness (QED) is 0.323. The molecule has 160 valence electrons. The molecule has 1 aromatic carbocycles. The van der Waals surface area contributed by atoms with Gasteiger partial charge in [-0.25, -0.2) is 4.98 Å². The number of pyridine rings is 1. The molecule has 2 N–H and O–H groups in total. The number of hydrogen-bond donors (Lipinski definition) is 2. The summed E-state index contributed by atoms with van der Waals surface area (Å²) in [5.41, 5.74) is 4.25. The van der Waals surface area contributed by atoms with E-state index in [1.165, 1.54) is 16.9 Å². The Labute approximate surface area is 190 Å². The largest absolute Gasteiger partial charge is 0.495 e. The monoisotopic (exact) mass is 453 g/mol. The summed E-state index contributed by atoms with van der Waals surface area (Å²) in [6.45, 7) is 0.650. The van der Waals surface area contributed by atoms with E-state index >= 15 is 0 Å². The molecule has 0 atom stereocenters. The van der Waals surface area contributed by atoms with Gasteiger partial charge in [-0.1, -0.05) is 17.7 Å². The average Bonchev–Trinajstić information content (AvgIpc) is 3.43. The van der Waals surface area contributed by atoms with E-state index < -0.39 is 0 Å². The molecule has 0 unspecified atom stereocenters. The maximum atomic E-state index is 12.7. The second-order valence-corrected chi connectivity index (χ2v) is 8.67. The molecule has 0 saturated heterocycles. The van der Waals surface area contributed by atoms with Crippen molar-refractivity contribution in [1.29, 1.82) is 0 Å². The van der Waals surface area contributed by atoms with E-state index in [1.807, 2.05) is 48.0 Å². The lowest BCUT2D eigenvalue weighted by Gasteiger charge is -2.08. The fourth-order valence-electron chi connectivity index (χ4n) is 3.65. The first-order valence-electron chi connectivity index (χ1n) is 10.2. The van der Waals surface area contributed by atoms with Crippen molar-refractivity contribution < 1.29 is 9.53 Å². The molecule has 1 amide bonds. The lowest BCUT2D eigenvalue weighted by molar-refractivity contribution is 0.0956. The average molecular weight is 454 g/mol. The molecule has 0 saturated carbocycles. The lowest BCUT2D eigenvalue weighted by atomic mass is 10.0. The number of rotatable bonds is 9. The number of unbranched alkanes of at least 4 members (excludes halogenated alkanes) is 1. The van der Waals surface area contributed by atoms with Gasteiger partial charge in [-0.05, 0) is 78.1 Å². The number of hydrogen-bond acceptors (Lipinski definition) is 4. The summed E-state index contributed by atoms with van der Waals surface area (Å²) in [6.07, 6.45) is 7.20. The summed E-state index contributed by atoms with van der Waals surface area (Å²) in [5, 5.41) is 6.77. The van der Waals surface area contributed by atoms with Gasteiger partial charge in [0.05, 0.1) is 17.0 Å². The summed E-state index contributed by atoms with van der Waals surface area (Å²) in [7, 11) is 1.61. The van der Waals surface area contributed by atoms with Crippen molar-refractivity contribution in [2.24, 2.45) is 0 Å². The Balaban J connectivity index is 1.28. The highest BCUT2D eigenvalue weighted by atomic mass is 35.5. The number of nitrogens with one attached hydrogen (secondary N) is 2. The zero-order valence-corrected chi connectivity index (χ0v) is 18.9. The van der Waals surface area contributed by atoms with Crippen molar-refractivity contribution in [3.63, 3.8) is 0 Å². The van der Waals surface area contributed by atoms with Crippen LogP contribution in [0.4, 0.5) is 0 Å². The zero-order chi connectivity index (χ0) is 21.6. The third-order valence-electron chi connectivity index (χ3n) is 5.28. The number of amides is 1. The van der Waals surface area contributed by atoms with Gasteiger partial charge in [0.15, 0.2) is 0 Å². The number of ether oxygens (including phenoxy) is 1. The number of carbonyl (C=O) groups excluding carboxylic acids is 1. The van der Waals surface area contributed by atoms with Crippen molar-refractivity contribution in [1.82, 2.24) is 15.3 Å². The van der Waals surface area contributed by atoms with Crippen LogP contribution in [0.5, 0.6) is 5.75 Å². The molecule has 0 aliphatic heterocycles. The van der Waals surface area contributed by atoms with Crippen LogP contribution in [0.3, 0.4) is 0 Å². The molecule has 0 spiro atoms. The van der Waals surface area contributed by atoms with E-state index in [1.54, 1.807) is 13.3 Å². The van der Waals surface area contributed by atoms with Crippen LogP contribution in [-0.4, -0.2) is 29.5 Å². The standard InChI is InChI=1S/C24H24ClN3O2S/c1-30-21-6-5-16(14-20(21)25)4-2-3-10-28-24(29)22-18(9-13-31-22)15-17-7-11-26-23-19(17)8-12-27-23/h5-9,11-14H,2-4,10,15H2,1H3,(H,26,27)(H,28,29). The highest BCUT2D eigenvalue weighted by Gasteiger charge is 2.14. The molecule has 7 heteroatoms. The van der Waals surface area contributed by atoms with Crippen molar-refractivity contribution in [2.75, 3.05) is 13.7 Å². The Hall–Kier alpha value is -2.83. The van der Waals surface area contributed by atoms with Crippen molar-refractivity contribution in [3.05, 3.63) is 80.8 Å². The van der Waals surface area contributed by atoms with Gasteiger partial charge in [-0.3, -0.25) is 4.79 Å². The molecule has 5 nitrogen and oxygen atoms in total. The maximum Gasteiger partial charge on any atom is 0.261 e. The second kappa shape index (κ2) is 9.98. The number of aromatic amines is 1. The van der Waals surface area contributed by atoms with E-state index in [0.717, 1.165) is 46.3 Å². The number of benzene rings is 1. The predicted molar refractivity (Wildman–Crippen MR) is 126 cm³/mol. The zero-order valence-electron chi connectivity index (χ0n) is 17.3. The molecular weight excluding hydrogens is 430 g/mol. The Morgan fingerprint density at radius 3 is 2.94 bits per heavy atom. The molecule has 4 aromatic rings. The number of methoxy groups -OCH3 is 1. The maximum absolute atomic E-state index is 12.7. The van der Waals surface area contributed by atoms with Crippen LogP contribution < -0.4 is 10.1 Å². The number of nitrogens with zero attached hydrogens (tertiary/aromatic N) is 1. The first-order valence-corrected chi connectivity index (χ1v) is 11.5. The highest BCUT2D eigenvalue weighted by Crippen LogP contribution is 2.26. The molecular formula is C24H24ClN3O2S. The third-order valence-corrected chi connectivity index (χ3v) is 6.53. The van der Waals surface area contributed by atoms with E-state index in [2.05, 4.69) is 15.3 Å². The van der Waals surface area contributed by atoms with Gasteiger partial charge in [0.25, 0.3) is 5.91 Å².